The zero-order chi connectivity index (χ0) is 13.7. The Bertz CT molecular complexity index is 526. The van der Waals surface area contributed by atoms with Crippen LogP contribution in [-0.4, -0.2) is 11.0 Å². The molecule has 0 saturated heterocycles. The summed E-state index contributed by atoms with van der Waals surface area (Å²) in [4.78, 5) is 4.38. The summed E-state index contributed by atoms with van der Waals surface area (Å²) in [5.74, 6) is 0.946. The van der Waals surface area contributed by atoms with Crippen LogP contribution in [0.1, 0.15) is 24.5 Å². The smallest absolute Gasteiger partial charge is 0.126 e. The maximum absolute atomic E-state index is 4.38. The molecule has 1 aromatic carbocycles. The van der Waals surface area contributed by atoms with Crippen molar-refractivity contribution in [3.8, 4) is 0 Å². The van der Waals surface area contributed by atoms with E-state index >= 15 is 0 Å². The number of nitrogens with one attached hydrogen (secondary N) is 1. The summed E-state index contributed by atoms with van der Waals surface area (Å²) in [6.07, 6.45) is 4.03. The molecule has 0 spiro atoms. The summed E-state index contributed by atoms with van der Waals surface area (Å²) in [5, 5.41) is 3.45. The maximum atomic E-state index is 4.38. The molecule has 0 fully saturated rings. The predicted octanol–water partition coefficient (Wildman–Crippen LogP) is 4.59. The molecule has 0 aliphatic carbocycles. The molecule has 0 radical (unpaired) electrons. The summed E-state index contributed by atoms with van der Waals surface area (Å²) in [5.41, 5.74) is 2.59. The molecule has 0 amide bonds. The number of rotatable bonds is 5. The summed E-state index contributed by atoms with van der Waals surface area (Å²) in [6.45, 7) is 4.27. The Hall–Kier alpha value is -1.35. The molecule has 0 bridgehead atoms. The molecular weight excluding hydrogens is 300 g/mol. The average Bonchev–Trinajstić information content (AvgIpc) is 2.42. The number of benzene rings is 1. The van der Waals surface area contributed by atoms with Crippen molar-refractivity contribution >= 4 is 21.7 Å². The third kappa shape index (κ3) is 4.35. The molecular formula is C16H19BrN2. The minimum atomic E-state index is 0.410. The van der Waals surface area contributed by atoms with Gasteiger partial charge in [0.2, 0.25) is 0 Å². The first kappa shape index (κ1) is 14.1. The van der Waals surface area contributed by atoms with Crippen LogP contribution >= 0.6 is 15.9 Å². The van der Waals surface area contributed by atoms with E-state index < -0.39 is 0 Å². The van der Waals surface area contributed by atoms with Crippen molar-refractivity contribution < 1.29 is 0 Å². The average molecular weight is 319 g/mol. The zero-order valence-corrected chi connectivity index (χ0v) is 12.9. The van der Waals surface area contributed by atoms with Crippen LogP contribution in [0.5, 0.6) is 0 Å². The molecule has 3 heteroatoms. The van der Waals surface area contributed by atoms with Crippen LogP contribution in [-0.2, 0) is 6.42 Å². The second kappa shape index (κ2) is 6.71. The highest BCUT2D eigenvalue weighted by molar-refractivity contribution is 9.10. The van der Waals surface area contributed by atoms with Gasteiger partial charge in [-0.25, -0.2) is 4.98 Å². The first-order valence-corrected chi connectivity index (χ1v) is 7.37. The van der Waals surface area contributed by atoms with Crippen LogP contribution in [0.15, 0.2) is 47.1 Å². The SMILES string of the molecule is Cc1cc(NC(C)CCc2ccccc2)ncc1Br. The Morgan fingerprint density at radius 3 is 2.68 bits per heavy atom. The summed E-state index contributed by atoms with van der Waals surface area (Å²) < 4.78 is 1.05. The molecule has 1 heterocycles. The molecule has 2 aromatic rings. The lowest BCUT2D eigenvalue weighted by Gasteiger charge is -2.15. The van der Waals surface area contributed by atoms with Crippen molar-refractivity contribution in [1.29, 1.82) is 0 Å². The van der Waals surface area contributed by atoms with Gasteiger partial charge < -0.3 is 5.32 Å². The van der Waals surface area contributed by atoms with Crippen molar-refractivity contribution in [2.75, 3.05) is 5.32 Å². The van der Waals surface area contributed by atoms with E-state index in [9.17, 15) is 0 Å². The Labute approximate surface area is 123 Å². The number of hydrogen-bond acceptors (Lipinski definition) is 2. The topological polar surface area (TPSA) is 24.9 Å². The second-order valence-electron chi connectivity index (χ2n) is 4.89. The summed E-state index contributed by atoms with van der Waals surface area (Å²) >= 11 is 3.47. The van der Waals surface area contributed by atoms with Gasteiger partial charge in [0.05, 0.1) is 0 Å². The van der Waals surface area contributed by atoms with Crippen LogP contribution in [0.3, 0.4) is 0 Å². The van der Waals surface area contributed by atoms with Crippen LogP contribution in [0, 0.1) is 6.92 Å². The molecule has 1 atom stereocenters. The first-order chi connectivity index (χ1) is 9.15. The molecule has 0 saturated carbocycles. The van der Waals surface area contributed by atoms with Gasteiger partial charge in [0.1, 0.15) is 5.82 Å². The molecule has 1 unspecified atom stereocenters. The van der Waals surface area contributed by atoms with Gasteiger partial charge in [-0.05, 0) is 59.8 Å². The zero-order valence-electron chi connectivity index (χ0n) is 11.4. The first-order valence-electron chi connectivity index (χ1n) is 6.58. The van der Waals surface area contributed by atoms with E-state index in [4.69, 9.17) is 0 Å². The largest absolute Gasteiger partial charge is 0.368 e. The van der Waals surface area contributed by atoms with E-state index in [2.05, 4.69) is 76.5 Å². The lowest BCUT2D eigenvalue weighted by Crippen LogP contribution is -2.16. The maximum Gasteiger partial charge on any atom is 0.126 e. The molecule has 1 N–H and O–H groups in total. The quantitative estimate of drug-likeness (QED) is 0.872. The number of pyridine rings is 1. The predicted molar refractivity (Wildman–Crippen MR) is 84.5 cm³/mol. The lowest BCUT2D eigenvalue weighted by molar-refractivity contribution is 0.703. The van der Waals surface area contributed by atoms with E-state index in [1.54, 1.807) is 0 Å². The van der Waals surface area contributed by atoms with Gasteiger partial charge >= 0.3 is 0 Å². The standard InChI is InChI=1S/C16H19BrN2/c1-12-10-16(18-11-15(12)17)19-13(2)8-9-14-6-4-3-5-7-14/h3-7,10-11,13H,8-9H2,1-2H3,(H,18,19). The van der Waals surface area contributed by atoms with Gasteiger partial charge in [-0.1, -0.05) is 30.3 Å². The van der Waals surface area contributed by atoms with E-state index in [0.717, 1.165) is 23.1 Å². The fourth-order valence-corrected chi connectivity index (χ4v) is 2.19. The van der Waals surface area contributed by atoms with E-state index in [1.807, 2.05) is 6.20 Å². The fraction of sp³-hybridized carbons (Fsp3) is 0.312. The number of aryl methyl sites for hydroxylation is 2. The van der Waals surface area contributed by atoms with Crippen molar-refractivity contribution in [3.05, 3.63) is 58.2 Å². The Morgan fingerprint density at radius 2 is 2.00 bits per heavy atom. The van der Waals surface area contributed by atoms with Gasteiger partial charge in [0.25, 0.3) is 0 Å². The highest BCUT2D eigenvalue weighted by Gasteiger charge is 2.05. The number of nitrogens with zero attached hydrogens (tertiary/aromatic N) is 1. The van der Waals surface area contributed by atoms with Crippen LogP contribution in [0.4, 0.5) is 5.82 Å². The normalized spacial score (nSPS) is 12.2. The van der Waals surface area contributed by atoms with Crippen LogP contribution in [0.2, 0.25) is 0 Å². The Morgan fingerprint density at radius 1 is 1.26 bits per heavy atom. The van der Waals surface area contributed by atoms with Crippen molar-refractivity contribution in [3.63, 3.8) is 0 Å². The van der Waals surface area contributed by atoms with Gasteiger partial charge in [-0.15, -0.1) is 0 Å². The summed E-state index contributed by atoms with van der Waals surface area (Å²) in [6, 6.07) is 13.1. The fourth-order valence-electron chi connectivity index (χ4n) is 1.97. The minimum absolute atomic E-state index is 0.410. The third-order valence-electron chi connectivity index (χ3n) is 3.15. The molecule has 1 aromatic heterocycles. The number of aromatic nitrogens is 1. The van der Waals surface area contributed by atoms with Gasteiger partial charge in [-0.2, -0.15) is 0 Å². The van der Waals surface area contributed by atoms with Crippen molar-refractivity contribution in [2.24, 2.45) is 0 Å². The van der Waals surface area contributed by atoms with Crippen LogP contribution in [0.25, 0.3) is 0 Å². The number of hydrogen-bond donors (Lipinski definition) is 1. The molecule has 2 rings (SSSR count). The van der Waals surface area contributed by atoms with Crippen LogP contribution < -0.4 is 5.32 Å². The van der Waals surface area contributed by atoms with Gasteiger partial charge in [-0.3, -0.25) is 0 Å². The Balaban J connectivity index is 1.87. The molecule has 0 aliphatic heterocycles. The number of anilines is 1. The monoisotopic (exact) mass is 318 g/mol. The van der Waals surface area contributed by atoms with E-state index in [1.165, 1.54) is 11.1 Å². The minimum Gasteiger partial charge on any atom is -0.368 e. The molecule has 2 nitrogen and oxygen atoms in total. The van der Waals surface area contributed by atoms with Crippen molar-refractivity contribution in [2.45, 2.75) is 32.7 Å². The highest BCUT2D eigenvalue weighted by Crippen LogP contribution is 2.18. The number of halogens is 1. The van der Waals surface area contributed by atoms with Gasteiger partial charge in [0, 0.05) is 16.7 Å². The van der Waals surface area contributed by atoms with Gasteiger partial charge in [0.15, 0.2) is 0 Å². The second-order valence-corrected chi connectivity index (χ2v) is 5.74. The Kier molecular flexibility index (Phi) is 4.97. The lowest BCUT2D eigenvalue weighted by atomic mass is 10.1. The van der Waals surface area contributed by atoms with Crippen molar-refractivity contribution in [1.82, 2.24) is 4.98 Å². The highest BCUT2D eigenvalue weighted by atomic mass is 79.9. The summed E-state index contributed by atoms with van der Waals surface area (Å²) in [7, 11) is 0. The molecule has 19 heavy (non-hydrogen) atoms. The van der Waals surface area contributed by atoms with E-state index in [0.29, 0.717) is 6.04 Å². The molecule has 0 aliphatic rings. The molecule has 100 valence electrons. The van der Waals surface area contributed by atoms with E-state index in [-0.39, 0.29) is 0 Å². The third-order valence-corrected chi connectivity index (χ3v) is 3.98.